The van der Waals surface area contributed by atoms with Crippen LogP contribution in [-0.2, 0) is 16.4 Å². The molecule has 0 saturated carbocycles. The van der Waals surface area contributed by atoms with E-state index in [9.17, 15) is 8.42 Å². The molecule has 2 aromatic carbocycles. The van der Waals surface area contributed by atoms with Gasteiger partial charge in [0.15, 0.2) is 0 Å². The van der Waals surface area contributed by atoms with Crippen molar-refractivity contribution in [1.82, 2.24) is 0 Å². The Balaban J connectivity index is 2.08. The Morgan fingerprint density at radius 2 is 1.58 bits per heavy atom. The molecule has 0 atom stereocenters. The molecular weight excluding hydrogens is 330 g/mol. The molecule has 0 saturated heterocycles. The molecule has 24 heavy (non-hydrogen) atoms. The van der Waals surface area contributed by atoms with Crippen LogP contribution < -0.4 is 18.5 Å². The molecule has 0 spiro atoms. The van der Waals surface area contributed by atoms with Gasteiger partial charge in [0.2, 0.25) is 0 Å². The average molecular weight is 349 g/mol. The Kier molecular flexibility index (Phi) is 4.28. The molecule has 0 amide bonds. The first-order valence-electron chi connectivity index (χ1n) is 7.43. The van der Waals surface area contributed by atoms with Crippen molar-refractivity contribution >= 4 is 15.7 Å². The Morgan fingerprint density at radius 3 is 2.25 bits per heavy atom. The van der Waals surface area contributed by atoms with Crippen molar-refractivity contribution in [3.05, 3.63) is 42.0 Å². The van der Waals surface area contributed by atoms with Crippen LogP contribution in [0.4, 0.5) is 5.69 Å². The van der Waals surface area contributed by atoms with Gasteiger partial charge in [0.05, 0.1) is 27.0 Å². The average Bonchev–Trinajstić information content (AvgIpc) is 3.04. The fourth-order valence-electron chi connectivity index (χ4n) is 2.83. The predicted molar refractivity (Wildman–Crippen MR) is 90.8 cm³/mol. The number of fused-ring (bicyclic) bond motifs is 1. The number of anilines is 1. The molecule has 6 nitrogen and oxygen atoms in total. The van der Waals surface area contributed by atoms with Gasteiger partial charge in [-0.1, -0.05) is 0 Å². The Hall–Kier alpha value is -2.41. The maximum absolute atomic E-state index is 13.2. The number of hydrogen-bond donors (Lipinski definition) is 0. The van der Waals surface area contributed by atoms with Crippen LogP contribution in [0.1, 0.15) is 5.56 Å². The lowest BCUT2D eigenvalue weighted by Crippen LogP contribution is -2.29. The summed E-state index contributed by atoms with van der Waals surface area (Å²) < 4.78 is 43.3. The number of rotatable bonds is 5. The number of sulfonamides is 1. The summed E-state index contributed by atoms with van der Waals surface area (Å²) in [6.07, 6.45) is 0.637. The van der Waals surface area contributed by atoms with Gasteiger partial charge in [-0.2, -0.15) is 0 Å². The highest BCUT2D eigenvalue weighted by Crippen LogP contribution is 2.38. The molecule has 1 aliphatic heterocycles. The Labute approximate surface area is 141 Å². The van der Waals surface area contributed by atoms with Gasteiger partial charge in [0, 0.05) is 12.6 Å². The van der Waals surface area contributed by atoms with Gasteiger partial charge in [-0.15, -0.1) is 0 Å². The molecule has 0 radical (unpaired) electrons. The quantitative estimate of drug-likeness (QED) is 0.830. The minimum atomic E-state index is -3.76. The normalized spacial score (nSPS) is 13.5. The third-order valence-corrected chi connectivity index (χ3v) is 5.91. The van der Waals surface area contributed by atoms with Crippen molar-refractivity contribution in [2.24, 2.45) is 0 Å². The number of benzene rings is 2. The predicted octanol–water partition coefficient (Wildman–Crippen LogP) is 2.46. The Morgan fingerprint density at radius 1 is 0.917 bits per heavy atom. The van der Waals surface area contributed by atoms with Crippen LogP contribution in [-0.4, -0.2) is 36.3 Å². The first kappa shape index (κ1) is 16.4. The molecule has 1 aliphatic rings. The zero-order chi connectivity index (χ0) is 17.3. The van der Waals surface area contributed by atoms with Crippen LogP contribution in [0.25, 0.3) is 0 Å². The molecule has 0 N–H and O–H groups in total. The molecule has 3 rings (SSSR count). The topological polar surface area (TPSA) is 65.1 Å². The molecule has 2 aromatic rings. The molecule has 0 aromatic heterocycles. The summed E-state index contributed by atoms with van der Waals surface area (Å²) in [6.45, 7) is 0.380. The third-order valence-electron chi connectivity index (χ3n) is 4.08. The van der Waals surface area contributed by atoms with E-state index in [0.29, 0.717) is 30.2 Å². The number of methoxy groups -OCH3 is 3. The second-order valence-electron chi connectivity index (χ2n) is 5.34. The summed E-state index contributed by atoms with van der Waals surface area (Å²) in [5.74, 6) is 1.47. The lowest BCUT2D eigenvalue weighted by molar-refractivity contribution is 0.392. The van der Waals surface area contributed by atoms with E-state index in [1.807, 2.05) is 6.07 Å². The summed E-state index contributed by atoms with van der Waals surface area (Å²) >= 11 is 0. The largest absolute Gasteiger partial charge is 0.497 e. The second kappa shape index (κ2) is 6.24. The van der Waals surface area contributed by atoms with Gasteiger partial charge in [-0.25, -0.2) is 8.42 Å². The Bertz CT molecular complexity index is 863. The maximum atomic E-state index is 13.2. The highest BCUT2D eigenvalue weighted by atomic mass is 32.2. The molecule has 0 unspecified atom stereocenters. The van der Waals surface area contributed by atoms with Crippen LogP contribution in [0.15, 0.2) is 41.3 Å². The summed E-state index contributed by atoms with van der Waals surface area (Å²) in [5.41, 5.74) is 1.61. The van der Waals surface area contributed by atoms with E-state index >= 15 is 0 Å². The summed E-state index contributed by atoms with van der Waals surface area (Å²) in [5, 5.41) is 0. The molecule has 7 heteroatoms. The van der Waals surface area contributed by atoms with E-state index in [2.05, 4.69) is 0 Å². The molecule has 0 bridgehead atoms. The van der Waals surface area contributed by atoms with Gasteiger partial charge in [-0.05, 0) is 42.3 Å². The zero-order valence-corrected chi connectivity index (χ0v) is 14.6. The van der Waals surface area contributed by atoms with E-state index in [1.165, 1.54) is 24.6 Å². The molecular formula is C17H19NO5S. The van der Waals surface area contributed by atoms with Crippen LogP contribution in [0.3, 0.4) is 0 Å². The van der Waals surface area contributed by atoms with Gasteiger partial charge in [-0.3, -0.25) is 4.31 Å². The van der Waals surface area contributed by atoms with Crippen molar-refractivity contribution < 1.29 is 22.6 Å². The number of ether oxygens (including phenoxy) is 3. The smallest absolute Gasteiger partial charge is 0.268 e. The van der Waals surface area contributed by atoms with Crippen LogP contribution in [0.5, 0.6) is 17.2 Å². The minimum Gasteiger partial charge on any atom is -0.497 e. The van der Waals surface area contributed by atoms with Crippen LogP contribution in [0.2, 0.25) is 0 Å². The van der Waals surface area contributed by atoms with Gasteiger partial charge < -0.3 is 14.2 Å². The summed E-state index contributed by atoms with van der Waals surface area (Å²) in [7, 11) is 0.774. The molecule has 0 fully saturated rings. The third kappa shape index (κ3) is 2.65. The molecule has 128 valence electrons. The number of nitrogens with zero attached hydrogens (tertiary/aromatic N) is 1. The fraction of sp³-hybridized carbons (Fsp3) is 0.294. The standard InChI is InChI=1S/C17H19NO5S/c1-21-13-4-6-15-12(10-13)8-9-18(15)24(19,20)17-11-14(22-2)5-7-16(17)23-3/h4-7,10-11H,8-9H2,1-3H3. The van der Waals surface area contributed by atoms with Crippen molar-refractivity contribution in [3.8, 4) is 17.2 Å². The van der Waals surface area contributed by atoms with Crippen molar-refractivity contribution in [2.75, 3.05) is 32.2 Å². The van der Waals surface area contributed by atoms with Crippen molar-refractivity contribution in [3.63, 3.8) is 0 Å². The van der Waals surface area contributed by atoms with E-state index in [-0.39, 0.29) is 10.6 Å². The molecule has 0 aliphatic carbocycles. The first-order valence-corrected chi connectivity index (χ1v) is 8.87. The van der Waals surface area contributed by atoms with Crippen molar-refractivity contribution in [1.29, 1.82) is 0 Å². The zero-order valence-electron chi connectivity index (χ0n) is 13.8. The SMILES string of the molecule is COc1ccc2c(c1)CCN2S(=O)(=O)c1cc(OC)ccc1OC. The lowest BCUT2D eigenvalue weighted by Gasteiger charge is -2.21. The van der Waals surface area contributed by atoms with Gasteiger partial charge in [0.1, 0.15) is 22.1 Å². The maximum Gasteiger partial charge on any atom is 0.268 e. The highest BCUT2D eigenvalue weighted by Gasteiger charge is 2.33. The van der Waals surface area contributed by atoms with Gasteiger partial charge >= 0.3 is 0 Å². The first-order chi connectivity index (χ1) is 11.5. The second-order valence-corrected chi connectivity index (χ2v) is 7.17. The highest BCUT2D eigenvalue weighted by molar-refractivity contribution is 7.93. The van der Waals surface area contributed by atoms with Crippen molar-refractivity contribution in [2.45, 2.75) is 11.3 Å². The summed E-state index contributed by atoms with van der Waals surface area (Å²) in [6, 6.07) is 10.1. The molecule has 1 heterocycles. The van der Waals surface area contributed by atoms with E-state index < -0.39 is 10.0 Å². The van der Waals surface area contributed by atoms with E-state index in [1.54, 1.807) is 31.4 Å². The van der Waals surface area contributed by atoms with E-state index in [4.69, 9.17) is 14.2 Å². The van der Waals surface area contributed by atoms with Gasteiger partial charge in [0.25, 0.3) is 10.0 Å². The monoisotopic (exact) mass is 349 g/mol. The number of hydrogen-bond acceptors (Lipinski definition) is 5. The summed E-state index contributed by atoms with van der Waals surface area (Å²) in [4.78, 5) is 0.0908. The fourth-order valence-corrected chi connectivity index (χ4v) is 4.51. The van der Waals surface area contributed by atoms with E-state index in [0.717, 1.165) is 5.56 Å². The lowest BCUT2D eigenvalue weighted by atomic mass is 10.1. The minimum absolute atomic E-state index is 0.0908. The van der Waals surface area contributed by atoms with Crippen LogP contribution in [0, 0.1) is 0 Å². The van der Waals surface area contributed by atoms with Crippen LogP contribution >= 0.6 is 0 Å².